The number of rotatable bonds is 2. The predicted octanol–water partition coefficient (Wildman–Crippen LogP) is 3.49. The molecule has 2 aromatic rings. The van der Waals surface area contributed by atoms with Crippen LogP contribution in [-0.2, 0) is 0 Å². The van der Waals surface area contributed by atoms with Crippen LogP contribution in [0.25, 0.3) is 20.8 Å². The smallest absolute Gasteiger partial charge is 0.261 e. The molecule has 0 aromatic heterocycles. The van der Waals surface area contributed by atoms with Gasteiger partial charge in [0.2, 0.25) is 5.69 Å². The number of aromatic hydroxyl groups is 1. The molecule has 2 aromatic carbocycles. The second-order valence-electron chi connectivity index (χ2n) is 4.78. The molecule has 0 bridgehead atoms. The molecule has 0 aliphatic heterocycles. The molecule has 4 N–H and O–H groups in total. The van der Waals surface area contributed by atoms with Gasteiger partial charge in [0.25, 0.3) is 5.91 Å². The lowest BCUT2D eigenvalue weighted by Gasteiger charge is -2.15. The minimum atomic E-state index is -0.745. The van der Waals surface area contributed by atoms with Crippen LogP contribution in [0.2, 0.25) is 5.02 Å². The van der Waals surface area contributed by atoms with Crippen molar-refractivity contribution in [1.82, 2.24) is 5.32 Å². The lowest BCUT2D eigenvalue weighted by Crippen LogP contribution is -2.36. The zero-order valence-corrected chi connectivity index (χ0v) is 13.8. The van der Waals surface area contributed by atoms with Gasteiger partial charge in [-0.25, -0.2) is 9.69 Å². The van der Waals surface area contributed by atoms with Crippen molar-refractivity contribution in [2.45, 2.75) is 0 Å². The Bertz CT molecular complexity index is 970. The Labute approximate surface area is 149 Å². The second kappa shape index (κ2) is 7.35. The molecule has 0 aliphatic rings. The van der Waals surface area contributed by atoms with Gasteiger partial charge in [-0.3, -0.25) is 15.1 Å². The number of nitrogens with zero attached hydrogens (tertiary/aromatic N) is 3. The quantitative estimate of drug-likeness (QED) is 0.438. The van der Waals surface area contributed by atoms with Crippen LogP contribution in [0.15, 0.2) is 35.3 Å². The van der Waals surface area contributed by atoms with E-state index in [0.29, 0.717) is 0 Å². The SMILES string of the molecule is [C-]#[N+]c1cccc(-c2c([N+]#[C-])ccc(O)c2C(=O)NC(N)=NC)c1Cl. The molecule has 0 atom stereocenters. The average Bonchev–Trinajstić information content (AvgIpc) is 2.61. The molecule has 7 nitrogen and oxygen atoms in total. The second-order valence-corrected chi connectivity index (χ2v) is 5.16. The topological polar surface area (TPSA) is 96.4 Å². The van der Waals surface area contributed by atoms with E-state index in [1.54, 1.807) is 12.1 Å². The molecule has 1 amide bonds. The first-order valence-electron chi connectivity index (χ1n) is 6.88. The zero-order chi connectivity index (χ0) is 18.6. The summed E-state index contributed by atoms with van der Waals surface area (Å²) in [6.07, 6.45) is 0. The van der Waals surface area contributed by atoms with Crippen LogP contribution < -0.4 is 11.1 Å². The molecular formula is C17H12ClN5O2. The van der Waals surface area contributed by atoms with Crippen molar-refractivity contribution in [3.05, 3.63) is 63.8 Å². The van der Waals surface area contributed by atoms with Gasteiger partial charge in [0.05, 0.1) is 23.7 Å². The minimum absolute atomic E-state index is 0.0826. The Hall–Kier alpha value is -3.55. The van der Waals surface area contributed by atoms with Crippen LogP contribution in [0, 0.1) is 13.1 Å². The summed E-state index contributed by atoms with van der Waals surface area (Å²) in [4.78, 5) is 22.8. The molecule has 0 fully saturated rings. The Morgan fingerprint density at radius 2 is 1.92 bits per heavy atom. The van der Waals surface area contributed by atoms with Gasteiger partial charge >= 0.3 is 0 Å². The highest BCUT2D eigenvalue weighted by atomic mass is 35.5. The van der Waals surface area contributed by atoms with E-state index in [-0.39, 0.29) is 44.8 Å². The Morgan fingerprint density at radius 1 is 1.24 bits per heavy atom. The van der Waals surface area contributed by atoms with Gasteiger partial charge in [0.15, 0.2) is 11.6 Å². The molecular weight excluding hydrogens is 342 g/mol. The van der Waals surface area contributed by atoms with Crippen molar-refractivity contribution >= 4 is 34.8 Å². The van der Waals surface area contributed by atoms with Crippen molar-refractivity contribution in [3.8, 4) is 16.9 Å². The summed E-state index contributed by atoms with van der Waals surface area (Å²) in [6.45, 7) is 14.5. The fraction of sp³-hybridized carbons (Fsp3) is 0.0588. The first-order chi connectivity index (χ1) is 11.9. The summed E-state index contributed by atoms with van der Waals surface area (Å²) in [7, 11) is 1.39. The third-order valence-corrected chi connectivity index (χ3v) is 3.76. The largest absolute Gasteiger partial charge is 0.507 e. The van der Waals surface area contributed by atoms with Crippen LogP contribution >= 0.6 is 11.6 Å². The molecule has 0 unspecified atom stereocenters. The number of benzene rings is 2. The number of amides is 1. The molecule has 25 heavy (non-hydrogen) atoms. The maximum absolute atomic E-state index is 12.5. The molecule has 8 heteroatoms. The number of hydrogen-bond donors (Lipinski definition) is 3. The number of carbonyl (C=O) groups is 1. The first kappa shape index (κ1) is 17.8. The van der Waals surface area contributed by atoms with Crippen LogP contribution in [0.1, 0.15) is 10.4 Å². The fourth-order valence-corrected chi connectivity index (χ4v) is 2.47. The number of carbonyl (C=O) groups excluding carboxylic acids is 1. The standard InChI is InChI=1S/C17H12ClN5O2/c1-20-10-7-8-12(24)14(16(25)23-17(19)22-3)13(10)9-5-4-6-11(21-2)15(9)18/h4-8,24H,3H3,(H3,19,22,23,25). The van der Waals surface area contributed by atoms with Crippen molar-refractivity contribution in [2.75, 3.05) is 7.05 Å². The highest BCUT2D eigenvalue weighted by Gasteiger charge is 2.23. The number of guanidine groups is 1. The van der Waals surface area contributed by atoms with Crippen molar-refractivity contribution < 1.29 is 9.90 Å². The Balaban J connectivity index is 2.82. The van der Waals surface area contributed by atoms with Crippen molar-refractivity contribution in [1.29, 1.82) is 0 Å². The number of nitrogens with two attached hydrogens (primary N) is 1. The van der Waals surface area contributed by atoms with Crippen molar-refractivity contribution in [3.63, 3.8) is 0 Å². The molecule has 0 saturated carbocycles. The number of aliphatic imine (C=N–C) groups is 1. The number of halogens is 1. The summed E-state index contributed by atoms with van der Waals surface area (Å²) < 4.78 is 0. The van der Waals surface area contributed by atoms with Gasteiger partial charge in [-0.2, -0.15) is 0 Å². The molecule has 0 radical (unpaired) electrons. The van der Waals surface area contributed by atoms with E-state index in [2.05, 4.69) is 20.0 Å². The molecule has 124 valence electrons. The van der Waals surface area contributed by atoms with Crippen molar-refractivity contribution in [2.24, 2.45) is 10.7 Å². The summed E-state index contributed by atoms with van der Waals surface area (Å²) >= 11 is 6.26. The summed E-state index contributed by atoms with van der Waals surface area (Å²) in [5.41, 5.74) is 6.00. The maximum Gasteiger partial charge on any atom is 0.261 e. The zero-order valence-electron chi connectivity index (χ0n) is 13.0. The van der Waals surface area contributed by atoms with Gasteiger partial charge < -0.3 is 10.8 Å². The predicted molar refractivity (Wildman–Crippen MR) is 96.1 cm³/mol. The monoisotopic (exact) mass is 353 g/mol. The maximum atomic E-state index is 12.5. The Kier molecular flexibility index (Phi) is 5.23. The highest BCUT2D eigenvalue weighted by Crippen LogP contribution is 2.44. The van der Waals surface area contributed by atoms with Gasteiger partial charge in [-0.15, -0.1) is 0 Å². The summed E-state index contributed by atoms with van der Waals surface area (Å²) in [6, 6.07) is 7.26. The van der Waals surface area contributed by atoms with Gasteiger partial charge in [0, 0.05) is 12.6 Å². The first-order valence-corrected chi connectivity index (χ1v) is 7.25. The molecule has 2 rings (SSSR count). The summed E-state index contributed by atoms with van der Waals surface area (Å²) in [5.74, 6) is -1.25. The average molecular weight is 354 g/mol. The Morgan fingerprint density at radius 3 is 2.52 bits per heavy atom. The normalized spacial score (nSPS) is 10.6. The third kappa shape index (κ3) is 3.37. The lowest BCUT2D eigenvalue weighted by atomic mass is 9.95. The number of nitrogens with one attached hydrogen (secondary N) is 1. The van der Waals surface area contributed by atoms with E-state index in [4.69, 9.17) is 30.5 Å². The van der Waals surface area contributed by atoms with Crippen LogP contribution in [0.3, 0.4) is 0 Å². The van der Waals surface area contributed by atoms with Crippen LogP contribution in [0.4, 0.5) is 11.4 Å². The van der Waals surface area contributed by atoms with E-state index >= 15 is 0 Å². The number of hydrogen-bond acceptors (Lipinski definition) is 3. The summed E-state index contributed by atoms with van der Waals surface area (Å²) in [5, 5.41) is 12.6. The molecule has 0 heterocycles. The van der Waals surface area contributed by atoms with Crippen LogP contribution in [-0.4, -0.2) is 24.0 Å². The van der Waals surface area contributed by atoms with Gasteiger partial charge in [-0.1, -0.05) is 35.9 Å². The minimum Gasteiger partial charge on any atom is -0.507 e. The van der Waals surface area contributed by atoms with Gasteiger partial charge in [-0.05, 0) is 11.6 Å². The third-order valence-electron chi connectivity index (χ3n) is 3.36. The van der Waals surface area contributed by atoms with E-state index in [1.165, 1.54) is 25.2 Å². The van der Waals surface area contributed by atoms with Gasteiger partial charge in [0.1, 0.15) is 5.75 Å². The van der Waals surface area contributed by atoms with E-state index in [1.807, 2.05) is 0 Å². The van der Waals surface area contributed by atoms with E-state index in [9.17, 15) is 9.90 Å². The van der Waals surface area contributed by atoms with E-state index < -0.39 is 5.91 Å². The molecule has 0 spiro atoms. The van der Waals surface area contributed by atoms with Crippen LogP contribution in [0.5, 0.6) is 5.75 Å². The lowest BCUT2D eigenvalue weighted by molar-refractivity contribution is 0.0974. The molecule has 0 saturated heterocycles. The fourth-order valence-electron chi connectivity index (χ4n) is 2.21. The number of phenolic OH excluding ortho intramolecular Hbond substituents is 1. The van der Waals surface area contributed by atoms with E-state index in [0.717, 1.165) is 0 Å². The highest BCUT2D eigenvalue weighted by molar-refractivity contribution is 6.36. The number of phenols is 1. The molecule has 0 aliphatic carbocycles.